The Balaban J connectivity index is 4.47. The molecule has 1 unspecified atom stereocenters. The van der Waals surface area contributed by atoms with Crippen LogP contribution in [0.1, 0.15) is 252 Å². The summed E-state index contributed by atoms with van der Waals surface area (Å²) in [4.78, 5) is 38.0. The van der Waals surface area contributed by atoms with E-state index in [4.69, 9.17) is 14.2 Å². The van der Waals surface area contributed by atoms with Crippen LogP contribution in [0.3, 0.4) is 0 Å². The van der Waals surface area contributed by atoms with Gasteiger partial charge in [-0.3, -0.25) is 14.4 Å². The van der Waals surface area contributed by atoms with Crippen LogP contribution in [0, 0.1) is 0 Å². The first kappa shape index (κ1) is 63.3. The third-order valence-corrected chi connectivity index (χ3v) is 11.6. The van der Waals surface area contributed by atoms with Gasteiger partial charge in [0, 0.05) is 19.3 Å². The van der Waals surface area contributed by atoms with E-state index in [9.17, 15) is 14.4 Å². The van der Waals surface area contributed by atoms with E-state index in [1.165, 1.54) is 116 Å². The highest BCUT2D eigenvalue weighted by atomic mass is 16.6. The number of ether oxygens (including phenoxy) is 3. The molecule has 0 aromatic carbocycles. The second kappa shape index (κ2) is 54.9. The van der Waals surface area contributed by atoms with Gasteiger partial charge in [-0.25, -0.2) is 0 Å². The van der Waals surface area contributed by atoms with Crippen LogP contribution < -0.4 is 0 Å². The van der Waals surface area contributed by atoms with Gasteiger partial charge in [-0.2, -0.15) is 0 Å². The first-order valence-electron chi connectivity index (χ1n) is 27.7. The number of allylic oxidation sites excluding steroid dienone is 16. The summed E-state index contributed by atoms with van der Waals surface area (Å²) >= 11 is 0. The van der Waals surface area contributed by atoms with Gasteiger partial charge in [-0.15, -0.1) is 0 Å². The molecule has 6 nitrogen and oxygen atoms in total. The molecule has 1 atom stereocenters. The van der Waals surface area contributed by atoms with Gasteiger partial charge >= 0.3 is 17.9 Å². The van der Waals surface area contributed by atoms with E-state index in [0.29, 0.717) is 19.3 Å². The van der Waals surface area contributed by atoms with Crippen molar-refractivity contribution in [2.24, 2.45) is 0 Å². The highest BCUT2D eigenvalue weighted by Gasteiger charge is 2.19. The molecule has 0 aromatic heterocycles. The Labute approximate surface area is 413 Å². The lowest BCUT2D eigenvalue weighted by atomic mass is 10.1. The Kier molecular flexibility index (Phi) is 51.9. The first-order chi connectivity index (χ1) is 33.0. The van der Waals surface area contributed by atoms with Crippen LogP contribution in [-0.2, 0) is 28.6 Å². The quantitative estimate of drug-likeness (QED) is 0.0262. The number of hydrogen-bond donors (Lipinski definition) is 0. The number of rotatable bonds is 49. The van der Waals surface area contributed by atoms with E-state index in [1.54, 1.807) is 0 Å². The Morgan fingerprint density at radius 1 is 0.313 bits per heavy atom. The fraction of sp³-hybridized carbons (Fsp3) is 0.689. The molecule has 0 amide bonds. The van der Waals surface area contributed by atoms with Crippen LogP contribution in [0.5, 0.6) is 0 Å². The summed E-state index contributed by atoms with van der Waals surface area (Å²) in [5.41, 5.74) is 0. The zero-order valence-corrected chi connectivity index (χ0v) is 43.6. The first-order valence-corrected chi connectivity index (χ1v) is 27.7. The molecule has 6 heteroatoms. The van der Waals surface area contributed by atoms with Crippen LogP contribution in [-0.4, -0.2) is 37.2 Å². The molecule has 0 saturated heterocycles. The van der Waals surface area contributed by atoms with Crippen molar-refractivity contribution in [1.82, 2.24) is 0 Å². The van der Waals surface area contributed by atoms with E-state index >= 15 is 0 Å². The van der Waals surface area contributed by atoms with Crippen molar-refractivity contribution in [1.29, 1.82) is 0 Å². The monoisotopic (exact) mass is 931 g/mol. The summed E-state index contributed by atoms with van der Waals surface area (Å²) in [7, 11) is 0. The number of unbranched alkanes of at least 4 members (excludes halogenated alkanes) is 22. The smallest absolute Gasteiger partial charge is 0.306 e. The third kappa shape index (κ3) is 53.2. The minimum atomic E-state index is -0.814. The van der Waals surface area contributed by atoms with Gasteiger partial charge in [0.05, 0.1) is 0 Å². The number of carbonyl (C=O) groups excluding carboxylic acids is 3. The molecule has 0 spiro atoms. The van der Waals surface area contributed by atoms with Gasteiger partial charge in [0.1, 0.15) is 13.2 Å². The van der Waals surface area contributed by atoms with E-state index in [0.717, 1.165) is 89.9 Å². The Bertz CT molecular complexity index is 1350. The maximum absolute atomic E-state index is 12.8. The largest absolute Gasteiger partial charge is 0.462 e. The van der Waals surface area contributed by atoms with Gasteiger partial charge in [0.2, 0.25) is 0 Å². The van der Waals surface area contributed by atoms with Crippen LogP contribution in [0.2, 0.25) is 0 Å². The normalized spacial score (nSPS) is 12.8. The number of hydrogen-bond acceptors (Lipinski definition) is 6. The Morgan fingerprint density at radius 2 is 0.627 bits per heavy atom. The average molecular weight is 931 g/mol. The predicted molar refractivity (Wildman–Crippen MR) is 288 cm³/mol. The number of esters is 3. The minimum absolute atomic E-state index is 0.107. The SMILES string of the molecule is CC/C=C\C/C=C\C/C=C\C/C=C\C/C=C\C/C=C\CCC(=O)OCC(COC(=O)CCCCCCC/C=C\CCCC)OC(=O)CCCCCCCCC/C=C\CCCCCCCCCC. The fourth-order valence-corrected chi connectivity index (χ4v) is 7.38. The Morgan fingerprint density at radius 3 is 1.04 bits per heavy atom. The molecule has 67 heavy (non-hydrogen) atoms. The second-order valence-corrected chi connectivity index (χ2v) is 18.1. The minimum Gasteiger partial charge on any atom is -0.462 e. The van der Waals surface area contributed by atoms with E-state index in [-0.39, 0.29) is 37.5 Å². The van der Waals surface area contributed by atoms with Crippen molar-refractivity contribution >= 4 is 17.9 Å². The molecule has 0 rings (SSSR count). The summed E-state index contributed by atoms with van der Waals surface area (Å²) in [5, 5.41) is 0. The molecule has 0 bridgehead atoms. The zero-order valence-electron chi connectivity index (χ0n) is 43.6. The molecule has 0 radical (unpaired) electrons. The molecule has 0 aliphatic carbocycles. The average Bonchev–Trinajstić information content (AvgIpc) is 3.33. The van der Waals surface area contributed by atoms with E-state index < -0.39 is 6.10 Å². The van der Waals surface area contributed by atoms with E-state index in [2.05, 4.69) is 112 Å². The van der Waals surface area contributed by atoms with Crippen LogP contribution >= 0.6 is 0 Å². The van der Waals surface area contributed by atoms with Gasteiger partial charge in [0.15, 0.2) is 6.10 Å². The van der Waals surface area contributed by atoms with E-state index in [1.807, 2.05) is 6.08 Å². The maximum Gasteiger partial charge on any atom is 0.306 e. The van der Waals surface area contributed by atoms with Crippen LogP contribution in [0.15, 0.2) is 97.2 Å². The van der Waals surface area contributed by atoms with Crippen molar-refractivity contribution in [3.63, 3.8) is 0 Å². The predicted octanol–water partition coefficient (Wildman–Crippen LogP) is 18.5. The van der Waals surface area contributed by atoms with Crippen LogP contribution in [0.4, 0.5) is 0 Å². The van der Waals surface area contributed by atoms with Gasteiger partial charge < -0.3 is 14.2 Å². The molecule has 382 valence electrons. The summed E-state index contributed by atoms with van der Waals surface area (Å²) < 4.78 is 16.7. The zero-order chi connectivity index (χ0) is 48.6. The van der Waals surface area contributed by atoms with Crippen LogP contribution in [0.25, 0.3) is 0 Å². The summed E-state index contributed by atoms with van der Waals surface area (Å²) in [6, 6.07) is 0. The fourth-order valence-electron chi connectivity index (χ4n) is 7.38. The van der Waals surface area contributed by atoms with Crippen molar-refractivity contribution in [3.05, 3.63) is 97.2 Å². The van der Waals surface area contributed by atoms with Crippen molar-refractivity contribution < 1.29 is 28.6 Å². The Hall–Kier alpha value is -3.67. The molecule has 0 heterocycles. The molecule has 0 aliphatic heterocycles. The maximum atomic E-state index is 12.8. The summed E-state index contributed by atoms with van der Waals surface area (Å²) in [5.74, 6) is -1.01. The lowest BCUT2D eigenvalue weighted by molar-refractivity contribution is -0.166. The van der Waals surface area contributed by atoms with Gasteiger partial charge in [-0.1, -0.05) is 227 Å². The summed E-state index contributed by atoms with van der Waals surface area (Å²) in [6.45, 7) is 6.41. The lowest BCUT2D eigenvalue weighted by Gasteiger charge is -2.18. The van der Waals surface area contributed by atoms with Gasteiger partial charge in [0.25, 0.3) is 0 Å². The number of carbonyl (C=O) groups is 3. The molecular formula is C61H102O6. The van der Waals surface area contributed by atoms with Crippen molar-refractivity contribution in [3.8, 4) is 0 Å². The highest BCUT2D eigenvalue weighted by Crippen LogP contribution is 2.14. The van der Waals surface area contributed by atoms with Crippen molar-refractivity contribution in [2.45, 2.75) is 258 Å². The van der Waals surface area contributed by atoms with Gasteiger partial charge in [-0.05, 0) is 103 Å². The molecule has 0 N–H and O–H groups in total. The standard InChI is InChI=1S/C61H102O6/c1-4-7-10-13-16-19-22-24-26-28-30-32-34-36-39-42-45-48-51-54-60(63)66-57-58(56-65-59(62)53-50-47-44-41-38-21-18-15-12-9-6-3)67-61(64)55-52-49-46-43-40-37-35-33-31-29-27-25-23-20-17-14-11-8-5-2/h7,10,15-16,18-19,24,26,29-32,36,39,45,48,58H,4-6,8-9,11-14,17,20-23,25,27-28,33-35,37-38,40-44,46-47,49-57H2,1-3H3/b10-7-,18-15-,19-16-,26-24-,31-29-,32-30-,39-36-,48-45-. The molecule has 0 fully saturated rings. The molecule has 0 saturated carbocycles. The topological polar surface area (TPSA) is 78.9 Å². The van der Waals surface area contributed by atoms with Crippen molar-refractivity contribution in [2.75, 3.05) is 13.2 Å². The molecule has 0 aliphatic rings. The lowest BCUT2D eigenvalue weighted by Crippen LogP contribution is -2.30. The molecule has 0 aromatic rings. The molecular weight excluding hydrogens is 829 g/mol. The second-order valence-electron chi connectivity index (χ2n) is 18.1. The summed E-state index contributed by atoms with van der Waals surface area (Å²) in [6.07, 6.45) is 72.7. The third-order valence-electron chi connectivity index (χ3n) is 11.6. The highest BCUT2D eigenvalue weighted by molar-refractivity contribution is 5.71.